The van der Waals surface area contributed by atoms with Crippen LogP contribution in [0.4, 0.5) is 4.39 Å². The first-order valence-corrected chi connectivity index (χ1v) is 7.67. The van der Waals surface area contributed by atoms with Gasteiger partial charge >= 0.3 is 0 Å². The Bertz CT molecular complexity index is 374. The molecule has 0 spiro atoms. The van der Waals surface area contributed by atoms with Crippen molar-refractivity contribution in [2.75, 3.05) is 6.54 Å². The molecule has 0 N–H and O–H groups in total. The fourth-order valence-corrected chi connectivity index (χ4v) is 3.36. The van der Waals surface area contributed by atoms with Crippen molar-refractivity contribution in [1.82, 2.24) is 4.90 Å². The van der Waals surface area contributed by atoms with Gasteiger partial charge in [-0.15, -0.1) is 0 Å². The third kappa shape index (κ3) is 3.79. The maximum Gasteiger partial charge on any atom is 0.124 e. The highest BCUT2D eigenvalue weighted by Crippen LogP contribution is 2.23. The van der Waals surface area contributed by atoms with Crippen LogP contribution in [0.3, 0.4) is 0 Å². The van der Waals surface area contributed by atoms with Crippen molar-refractivity contribution in [3.8, 4) is 0 Å². The van der Waals surface area contributed by atoms with Gasteiger partial charge in [-0.05, 0) is 49.6 Å². The van der Waals surface area contributed by atoms with Crippen LogP contribution in [0.5, 0.6) is 0 Å². The van der Waals surface area contributed by atoms with Gasteiger partial charge in [-0.1, -0.05) is 35.7 Å². The Kier molecular flexibility index (Phi) is 5.19. The second kappa shape index (κ2) is 6.67. The van der Waals surface area contributed by atoms with Gasteiger partial charge < -0.3 is 0 Å². The molecular formula is C15H21BrFN. The van der Waals surface area contributed by atoms with Crippen LogP contribution < -0.4 is 0 Å². The Morgan fingerprint density at radius 1 is 1.28 bits per heavy atom. The summed E-state index contributed by atoms with van der Waals surface area (Å²) in [6.45, 7) is 4.27. The SMILES string of the molecule is CCC1CCCCCN1Cc1cc(F)cc(Br)c1. The minimum Gasteiger partial charge on any atom is -0.296 e. The molecule has 1 aliphatic rings. The van der Waals surface area contributed by atoms with Crippen LogP contribution in [0.1, 0.15) is 44.6 Å². The van der Waals surface area contributed by atoms with Crippen LogP contribution in [0, 0.1) is 5.82 Å². The van der Waals surface area contributed by atoms with Gasteiger partial charge in [-0.2, -0.15) is 0 Å². The van der Waals surface area contributed by atoms with E-state index in [2.05, 4.69) is 27.8 Å². The Labute approximate surface area is 118 Å². The van der Waals surface area contributed by atoms with Crippen molar-refractivity contribution < 1.29 is 4.39 Å². The fraction of sp³-hybridized carbons (Fsp3) is 0.600. The molecule has 2 rings (SSSR count). The van der Waals surface area contributed by atoms with E-state index in [1.807, 2.05) is 6.07 Å². The van der Waals surface area contributed by atoms with Gasteiger partial charge in [0, 0.05) is 17.1 Å². The van der Waals surface area contributed by atoms with E-state index in [9.17, 15) is 4.39 Å². The molecule has 1 atom stereocenters. The van der Waals surface area contributed by atoms with E-state index in [0.717, 1.165) is 23.1 Å². The van der Waals surface area contributed by atoms with Gasteiger partial charge in [-0.25, -0.2) is 4.39 Å². The lowest BCUT2D eigenvalue weighted by Crippen LogP contribution is -2.33. The Balaban J connectivity index is 2.09. The van der Waals surface area contributed by atoms with Crippen molar-refractivity contribution in [2.24, 2.45) is 0 Å². The van der Waals surface area contributed by atoms with E-state index >= 15 is 0 Å². The van der Waals surface area contributed by atoms with E-state index in [0.29, 0.717) is 6.04 Å². The maximum atomic E-state index is 13.4. The van der Waals surface area contributed by atoms with Crippen LogP contribution in [-0.4, -0.2) is 17.5 Å². The maximum absolute atomic E-state index is 13.4. The highest BCUT2D eigenvalue weighted by Gasteiger charge is 2.19. The molecule has 0 amide bonds. The van der Waals surface area contributed by atoms with Crippen LogP contribution in [0.25, 0.3) is 0 Å². The van der Waals surface area contributed by atoms with Crippen LogP contribution in [0.2, 0.25) is 0 Å². The number of benzene rings is 1. The zero-order valence-corrected chi connectivity index (χ0v) is 12.5. The highest BCUT2D eigenvalue weighted by molar-refractivity contribution is 9.10. The lowest BCUT2D eigenvalue weighted by atomic mass is 10.1. The summed E-state index contributed by atoms with van der Waals surface area (Å²) >= 11 is 3.37. The summed E-state index contributed by atoms with van der Waals surface area (Å²) in [6, 6.07) is 5.86. The van der Waals surface area contributed by atoms with Crippen molar-refractivity contribution in [3.63, 3.8) is 0 Å². The number of rotatable bonds is 3. The molecule has 1 fully saturated rings. The normalized spacial score (nSPS) is 21.8. The number of hydrogen-bond acceptors (Lipinski definition) is 1. The third-order valence-corrected chi connectivity index (χ3v) is 4.24. The monoisotopic (exact) mass is 313 g/mol. The standard InChI is InChI=1S/C15H21BrFN/c1-2-15-6-4-3-5-7-18(15)11-12-8-13(16)10-14(17)9-12/h8-10,15H,2-7,11H2,1H3. The molecular weight excluding hydrogens is 293 g/mol. The van der Waals surface area contributed by atoms with Crippen molar-refractivity contribution >= 4 is 15.9 Å². The second-order valence-corrected chi connectivity index (χ2v) is 6.08. The molecule has 1 heterocycles. The molecule has 1 aromatic rings. The first-order valence-electron chi connectivity index (χ1n) is 6.88. The number of halogens is 2. The predicted octanol–water partition coefficient (Wildman–Crippen LogP) is 4.74. The third-order valence-electron chi connectivity index (χ3n) is 3.78. The van der Waals surface area contributed by atoms with Gasteiger partial charge in [0.15, 0.2) is 0 Å². The molecule has 18 heavy (non-hydrogen) atoms. The summed E-state index contributed by atoms with van der Waals surface area (Å²) in [5, 5.41) is 0. The molecule has 1 aromatic carbocycles. The number of nitrogens with zero attached hydrogens (tertiary/aromatic N) is 1. The number of hydrogen-bond donors (Lipinski definition) is 0. The van der Waals surface area contributed by atoms with E-state index in [4.69, 9.17) is 0 Å². The molecule has 1 saturated heterocycles. The molecule has 3 heteroatoms. The first-order chi connectivity index (χ1) is 8.69. The summed E-state index contributed by atoms with van der Waals surface area (Å²) in [7, 11) is 0. The topological polar surface area (TPSA) is 3.24 Å². The zero-order valence-electron chi connectivity index (χ0n) is 11.0. The zero-order chi connectivity index (χ0) is 13.0. The Morgan fingerprint density at radius 2 is 2.11 bits per heavy atom. The number of likely N-dealkylation sites (tertiary alicyclic amines) is 1. The van der Waals surface area contributed by atoms with E-state index in [1.54, 1.807) is 6.07 Å². The summed E-state index contributed by atoms with van der Waals surface area (Å²) in [5.41, 5.74) is 1.07. The minimum absolute atomic E-state index is 0.151. The molecule has 1 aliphatic heterocycles. The lowest BCUT2D eigenvalue weighted by molar-refractivity contribution is 0.186. The molecule has 0 radical (unpaired) electrons. The average Bonchev–Trinajstić information content (AvgIpc) is 2.52. The highest BCUT2D eigenvalue weighted by atomic mass is 79.9. The Morgan fingerprint density at radius 3 is 2.83 bits per heavy atom. The lowest BCUT2D eigenvalue weighted by Gasteiger charge is -2.29. The summed E-state index contributed by atoms with van der Waals surface area (Å²) in [5.74, 6) is -0.151. The smallest absolute Gasteiger partial charge is 0.124 e. The summed E-state index contributed by atoms with van der Waals surface area (Å²) in [4.78, 5) is 2.52. The van der Waals surface area contributed by atoms with Crippen molar-refractivity contribution in [2.45, 2.75) is 51.6 Å². The first kappa shape index (κ1) is 14.0. The molecule has 0 aromatic heterocycles. The molecule has 0 saturated carbocycles. The summed E-state index contributed by atoms with van der Waals surface area (Å²) in [6.07, 6.45) is 6.41. The van der Waals surface area contributed by atoms with Crippen molar-refractivity contribution in [1.29, 1.82) is 0 Å². The van der Waals surface area contributed by atoms with Crippen molar-refractivity contribution in [3.05, 3.63) is 34.1 Å². The van der Waals surface area contributed by atoms with E-state index < -0.39 is 0 Å². The second-order valence-electron chi connectivity index (χ2n) is 5.16. The average molecular weight is 314 g/mol. The van der Waals surface area contributed by atoms with Gasteiger partial charge in [0.25, 0.3) is 0 Å². The largest absolute Gasteiger partial charge is 0.296 e. The van der Waals surface area contributed by atoms with Crippen LogP contribution in [-0.2, 0) is 6.54 Å². The van der Waals surface area contributed by atoms with Gasteiger partial charge in [-0.3, -0.25) is 4.90 Å². The predicted molar refractivity (Wildman–Crippen MR) is 77.1 cm³/mol. The van der Waals surface area contributed by atoms with E-state index in [-0.39, 0.29) is 5.82 Å². The van der Waals surface area contributed by atoms with E-state index in [1.165, 1.54) is 38.2 Å². The van der Waals surface area contributed by atoms with Crippen LogP contribution in [0.15, 0.2) is 22.7 Å². The fourth-order valence-electron chi connectivity index (χ4n) is 2.84. The molecule has 1 unspecified atom stereocenters. The molecule has 0 bridgehead atoms. The van der Waals surface area contributed by atoms with Crippen LogP contribution >= 0.6 is 15.9 Å². The minimum atomic E-state index is -0.151. The molecule has 0 aliphatic carbocycles. The van der Waals surface area contributed by atoms with Gasteiger partial charge in [0.1, 0.15) is 5.82 Å². The summed E-state index contributed by atoms with van der Waals surface area (Å²) < 4.78 is 14.2. The molecule has 1 nitrogen and oxygen atoms in total. The van der Waals surface area contributed by atoms with Gasteiger partial charge in [0.05, 0.1) is 0 Å². The Hall–Kier alpha value is -0.410. The quantitative estimate of drug-likeness (QED) is 0.779. The van der Waals surface area contributed by atoms with Gasteiger partial charge in [0.2, 0.25) is 0 Å². The molecule has 100 valence electrons.